The third kappa shape index (κ3) is 857. The Bertz CT molecular complexity index is 94.8. The molecule has 66 valence electrons. The molecule has 0 heterocycles. The van der Waals surface area contributed by atoms with Crippen LogP contribution in [0.4, 0.5) is 0 Å². The van der Waals surface area contributed by atoms with Gasteiger partial charge in [0.25, 0.3) is 0 Å². The molecule has 10 heteroatoms. The molecule has 0 rings (SSSR count). The van der Waals surface area contributed by atoms with Crippen LogP contribution in [0.3, 0.4) is 0 Å². The summed E-state index contributed by atoms with van der Waals surface area (Å²) in [5.41, 5.74) is 0. The molecule has 2 radical (unpaired) electrons. The molecule has 0 saturated carbocycles. The van der Waals surface area contributed by atoms with Crippen LogP contribution in [0.5, 0.6) is 0 Å². The Labute approximate surface area is 78.6 Å². The summed E-state index contributed by atoms with van der Waals surface area (Å²) in [5.74, 6) is 0. The first kappa shape index (κ1) is 45.1. The molecule has 0 atom stereocenters. The minimum Gasteiger partial charge on any atom is -2.00 e. The van der Waals surface area contributed by atoms with Crippen LogP contribution < -0.4 is 0 Å². The van der Waals surface area contributed by atoms with Gasteiger partial charge in [-0.05, 0) is 0 Å². The number of rotatable bonds is 0. The van der Waals surface area contributed by atoms with E-state index in [9.17, 15) is 0 Å². The van der Waals surface area contributed by atoms with E-state index in [1.54, 1.807) is 0 Å². The van der Waals surface area contributed by atoms with Gasteiger partial charge in [-0.3, -0.25) is 9.11 Å². The fraction of sp³-hybridized carbons (Fsp3) is 0. The zero-order valence-corrected chi connectivity index (χ0v) is 7.37. The van der Waals surface area contributed by atoms with Crippen LogP contribution in [0.2, 0.25) is 0 Å². The Hall–Kier alpha value is 0.789. The minimum absolute atomic E-state index is 0. The average molecular weight is 258 g/mol. The van der Waals surface area contributed by atoms with Crippen LogP contribution in [-0.2, 0) is 55.5 Å². The van der Waals surface area contributed by atoms with Crippen LogP contribution >= 0.6 is 0 Å². The second-order valence-electron chi connectivity index (χ2n) is 0.448. The molecular weight excluding hydrogens is 254 g/mol. The van der Waals surface area contributed by atoms with Crippen LogP contribution in [0.1, 0.15) is 0 Å². The van der Waals surface area contributed by atoms with Gasteiger partial charge in [0.1, 0.15) is 0 Å². The third-order valence-corrected chi connectivity index (χ3v) is 0. The van der Waals surface area contributed by atoms with E-state index in [1.807, 2.05) is 0 Å². The molecule has 0 aromatic heterocycles. The van der Waals surface area contributed by atoms with Crippen LogP contribution in [0.15, 0.2) is 0 Å². The van der Waals surface area contributed by atoms with E-state index in [2.05, 4.69) is 0 Å². The second kappa shape index (κ2) is 16.4. The molecule has 0 spiro atoms. The van der Waals surface area contributed by atoms with E-state index in [1.165, 1.54) is 0 Å². The largest absolute Gasteiger partial charge is 2.00 e. The molecular formula is H4Mn2O7S. The van der Waals surface area contributed by atoms with Crippen LogP contribution in [0.25, 0.3) is 0 Å². The van der Waals surface area contributed by atoms with Gasteiger partial charge in [0.15, 0.2) is 0 Å². The van der Waals surface area contributed by atoms with Crippen molar-refractivity contribution in [1.29, 1.82) is 0 Å². The van der Waals surface area contributed by atoms with Gasteiger partial charge in [0.2, 0.25) is 0 Å². The summed E-state index contributed by atoms with van der Waals surface area (Å²) < 4.78 is 31.6. The summed E-state index contributed by atoms with van der Waals surface area (Å²) >= 11 is 0. The van der Waals surface area contributed by atoms with Crippen molar-refractivity contribution in [2.75, 3.05) is 0 Å². The van der Waals surface area contributed by atoms with Gasteiger partial charge in [-0.15, -0.1) is 0 Å². The predicted molar refractivity (Wildman–Crippen MR) is 19.2 cm³/mol. The van der Waals surface area contributed by atoms with Crippen LogP contribution in [-0.4, -0.2) is 23.0 Å². The predicted octanol–water partition coefficient (Wildman–Crippen LogP) is -1.72. The van der Waals surface area contributed by atoms with Crippen molar-refractivity contribution < 1.29 is 68.1 Å². The van der Waals surface area contributed by atoms with Gasteiger partial charge in [0.05, 0.1) is 0 Å². The molecule has 0 saturated heterocycles. The quantitative estimate of drug-likeness (QED) is 0.390. The molecule has 4 N–H and O–H groups in total. The van der Waals surface area contributed by atoms with E-state index < -0.39 is 10.4 Å². The molecule has 0 aliphatic rings. The molecule has 7 nitrogen and oxygen atoms in total. The maximum Gasteiger partial charge on any atom is 2.00 e. The van der Waals surface area contributed by atoms with Crippen molar-refractivity contribution in [2.45, 2.75) is 0 Å². The zero-order valence-electron chi connectivity index (χ0n) is 4.19. The minimum atomic E-state index is -4.67. The van der Waals surface area contributed by atoms with Crippen molar-refractivity contribution in [2.24, 2.45) is 0 Å². The molecule has 0 aromatic carbocycles. The molecule has 0 fully saturated rings. The Morgan fingerprint density at radius 2 is 0.900 bits per heavy atom. The standard InChI is InChI=1S/2Mn.H2O4S.H2O.2O/c;;1-5(2,3)4;;;/h;;(H2,1,2,3,4);1H2;;/q2*+2;;;2*-2. The Morgan fingerprint density at radius 1 is 0.900 bits per heavy atom. The summed E-state index contributed by atoms with van der Waals surface area (Å²) in [6.45, 7) is 0. The monoisotopic (exact) mass is 258 g/mol. The number of hydrogen-bond acceptors (Lipinski definition) is 2. The summed E-state index contributed by atoms with van der Waals surface area (Å²) in [7, 11) is -4.67. The van der Waals surface area contributed by atoms with E-state index in [-0.39, 0.29) is 50.6 Å². The van der Waals surface area contributed by atoms with Gasteiger partial charge >= 0.3 is 44.5 Å². The van der Waals surface area contributed by atoms with Gasteiger partial charge in [-0.1, -0.05) is 0 Å². The van der Waals surface area contributed by atoms with E-state index >= 15 is 0 Å². The van der Waals surface area contributed by atoms with E-state index in [4.69, 9.17) is 17.5 Å². The first-order valence-corrected chi connectivity index (χ1v) is 2.10. The molecule has 0 unspecified atom stereocenters. The van der Waals surface area contributed by atoms with Crippen molar-refractivity contribution in [3.8, 4) is 0 Å². The number of hydrogen-bond donors (Lipinski definition) is 2. The SMILES string of the molecule is O.O=S(=O)(O)O.[Mn+2].[Mn+2].[O-2].[O-2]. The van der Waals surface area contributed by atoms with E-state index in [0.717, 1.165) is 0 Å². The third-order valence-electron chi connectivity index (χ3n) is 0. The Morgan fingerprint density at radius 3 is 0.900 bits per heavy atom. The first-order chi connectivity index (χ1) is 2.00. The second-order valence-corrected chi connectivity index (χ2v) is 1.34. The maximum absolute atomic E-state index is 8.74. The summed E-state index contributed by atoms with van der Waals surface area (Å²) in [6, 6.07) is 0. The Balaban J connectivity index is -0.00000000800. The summed E-state index contributed by atoms with van der Waals surface area (Å²) in [6.07, 6.45) is 0. The summed E-state index contributed by atoms with van der Waals surface area (Å²) in [5, 5.41) is 0. The molecule has 10 heavy (non-hydrogen) atoms. The topological polar surface area (TPSA) is 163 Å². The molecule has 0 aromatic rings. The van der Waals surface area contributed by atoms with Crippen molar-refractivity contribution in [3.05, 3.63) is 0 Å². The fourth-order valence-electron chi connectivity index (χ4n) is 0. The molecule has 0 aliphatic carbocycles. The van der Waals surface area contributed by atoms with Gasteiger partial charge < -0.3 is 16.4 Å². The van der Waals surface area contributed by atoms with Crippen LogP contribution in [0, 0.1) is 0 Å². The normalized spacial score (nSPS) is 5.80. The smallest absolute Gasteiger partial charge is 2.00 e. The zero-order chi connectivity index (χ0) is 4.50. The Kier molecular flexibility index (Phi) is 74.0. The van der Waals surface area contributed by atoms with Crippen molar-refractivity contribution in [1.82, 2.24) is 0 Å². The van der Waals surface area contributed by atoms with Gasteiger partial charge in [-0.2, -0.15) is 8.42 Å². The summed E-state index contributed by atoms with van der Waals surface area (Å²) in [4.78, 5) is 0. The molecule has 0 aliphatic heterocycles. The van der Waals surface area contributed by atoms with Gasteiger partial charge in [0, 0.05) is 0 Å². The van der Waals surface area contributed by atoms with Gasteiger partial charge in [-0.25, -0.2) is 0 Å². The maximum atomic E-state index is 8.74. The molecule has 0 amide bonds. The first-order valence-electron chi connectivity index (χ1n) is 0.698. The average Bonchev–Trinajstić information content (AvgIpc) is 0.722. The van der Waals surface area contributed by atoms with Crippen molar-refractivity contribution in [3.63, 3.8) is 0 Å². The van der Waals surface area contributed by atoms with E-state index in [0.29, 0.717) is 0 Å². The van der Waals surface area contributed by atoms with Crippen molar-refractivity contribution >= 4 is 10.4 Å². The molecule has 0 bridgehead atoms. The fourth-order valence-corrected chi connectivity index (χ4v) is 0.